The first-order chi connectivity index (χ1) is 8.16. The monoisotopic (exact) mass is 297 g/mol. The number of hydrogen-bond acceptors (Lipinski definition) is 2. The third-order valence-electron chi connectivity index (χ3n) is 2.59. The Kier molecular flexibility index (Phi) is 3.97. The Morgan fingerprint density at radius 2 is 2.24 bits per heavy atom. The largest absolute Gasteiger partial charge is 0.468 e. The highest BCUT2D eigenvalue weighted by atomic mass is 79.9. The summed E-state index contributed by atoms with van der Waals surface area (Å²) in [6, 6.07) is 8.75. The minimum Gasteiger partial charge on any atom is -0.468 e. The normalized spacial score (nSPS) is 12.6. The summed E-state index contributed by atoms with van der Waals surface area (Å²) in [5.41, 5.74) is 0.653. The number of furan rings is 1. The molecular formula is C13H13BrFNO. The fourth-order valence-corrected chi connectivity index (χ4v) is 1.96. The third kappa shape index (κ3) is 3.17. The molecule has 90 valence electrons. The van der Waals surface area contributed by atoms with Gasteiger partial charge in [0.25, 0.3) is 0 Å². The maximum atomic E-state index is 13.7. The minimum absolute atomic E-state index is 0.0619. The van der Waals surface area contributed by atoms with Crippen LogP contribution in [-0.4, -0.2) is 0 Å². The van der Waals surface area contributed by atoms with Gasteiger partial charge < -0.3 is 9.73 Å². The van der Waals surface area contributed by atoms with Gasteiger partial charge in [0.15, 0.2) is 0 Å². The first-order valence-corrected chi connectivity index (χ1v) is 6.17. The topological polar surface area (TPSA) is 25.2 Å². The van der Waals surface area contributed by atoms with Crippen LogP contribution >= 0.6 is 15.9 Å². The van der Waals surface area contributed by atoms with Crippen LogP contribution in [0.4, 0.5) is 4.39 Å². The van der Waals surface area contributed by atoms with E-state index >= 15 is 0 Å². The second-order valence-corrected chi connectivity index (χ2v) is 4.76. The van der Waals surface area contributed by atoms with Crippen molar-refractivity contribution in [3.63, 3.8) is 0 Å². The molecule has 1 aromatic heterocycles. The highest BCUT2D eigenvalue weighted by Gasteiger charge is 2.11. The molecule has 2 nitrogen and oxygen atoms in total. The quantitative estimate of drug-likeness (QED) is 0.922. The summed E-state index contributed by atoms with van der Waals surface area (Å²) in [6.07, 6.45) is 1.63. The van der Waals surface area contributed by atoms with E-state index in [0.717, 1.165) is 10.2 Å². The van der Waals surface area contributed by atoms with Crippen molar-refractivity contribution in [1.82, 2.24) is 5.32 Å². The average molecular weight is 298 g/mol. The van der Waals surface area contributed by atoms with Crippen LogP contribution in [0, 0.1) is 5.82 Å². The van der Waals surface area contributed by atoms with Gasteiger partial charge in [-0.15, -0.1) is 0 Å². The van der Waals surface area contributed by atoms with Crippen LogP contribution in [-0.2, 0) is 6.54 Å². The molecule has 0 saturated carbocycles. The SMILES string of the molecule is CC(NCc1ccco1)c1ccc(Br)cc1F. The van der Waals surface area contributed by atoms with Gasteiger partial charge in [0.05, 0.1) is 12.8 Å². The molecule has 0 fully saturated rings. The number of nitrogens with one attached hydrogen (secondary N) is 1. The summed E-state index contributed by atoms with van der Waals surface area (Å²) >= 11 is 3.24. The van der Waals surface area contributed by atoms with Crippen LogP contribution in [0.3, 0.4) is 0 Å². The molecule has 1 atom stereocenters. The summed E-state index contributed by atoms with van der Waals surface area (Å²) in [6.45, 7) is 2.51. The van der Waals surface area contributed by atoms with Crippen molar-refractivity contribution in [2.24, 2.45) is 0 Å². The van der Waals surface area contributed by atoms with Gasteiger partial charge in [-0.1, -0.05) is 22.0 Å². The van der Waals surface area contributed by atoms with Crippen molar-refractivity contribution in [2.75, 3.05) is 0 Å². The molecule has 0 saturated heterocycles. The maximum Gasteiger partial charge on any atom is 0.129 e. The lowest BCUT2D eigenvalue weighted by atomic mass is 10.1. The fourth-order valence-electron chi connectivity index (χ4n) is 1.63. The Morgan fingerprint density at radius 1 is 1.41 bits per heavy atom. The Labute approximate surface area is 108 Å². The van der Waals surface area contributed by atoms with Crippen LogP contribution in [0.2, 0.25) is 0 Å². The molecule has 0 aliphatic rings. The first kappa shape index (κ1) is 12.3. The zero-order valence-corrected chi connectivity index (χ0v) is 11.0. The Balaban J connectivity index is 2.01. The Hall–Kier alpha value is -1.13. The highest BCUT2D eigenvalue weighted by Crippen LogP contribution is 2.21. The van der Waals surface area contributed by atoms with Crippen LogP contribution in [0.1, 0.15) is 24.3 Å². The molecule has 0 aliphatic heterocycles. The van der Waals surface area contributed by atoms with E-state index in [4.69, 9.17) is 4.42 Å². The number of halogens is 2. The van der Waals surface area contributed by atoms with Gasteiger partial charge in [0.2, 0.25) is 0 Å². The first-order valence-electron chi connectivity index (χ1n) is 5.37. The van der Waals surface area contributed by atoms with Gasteiger partial charge in [-0.25, -0.2) is 4.39 Å². The fraction of sp³-hybridized carbons (Fsp3) is 0.231. The van der Waals surface area contributed by atoms with Gasteiger partial charge in [-0.2, -0.15) is 0 Å². The van der Waals surface area contributed by atoms with E-state index in [1.807, 2.05) is 25.1 Å². The molecule has 0 bridgehead atoms. The minimum atomic E-state index is -0.209. The molecular weight excluding hydrogens is 285 g/mol. The van der Waals surface area contributed by atoms with E-state index in [1.54, 1.807) is 12.3 Å². The summed E-state index contributed by atoms with van der Waals surface area (Å²) in [5.74, 6) is 0.633. The molecule has 1 aromatic carbocycles. The molecule has 0 amide bonds. The van der Waals surface area contributed by atoms with Gasteiger partial charge >= 0.3 is 0 Å². The molecule has 1 N–H and O–H groups in total. The van der Waals surface area contributed by atoms with Crippen molar-refractivity contribution in [2.45, 2.75) is 19.5 Å². The predicted molar refractivity (Wildman–Crippen MR) is 68.1 cm³/mol. The maximum absolute atomic E-state index is 13.7. The summed E-state index contributed by atoms with van der Waals surface area (Å²) in [4.78, 5) is 0. The molecule has 1 unspecified atom stereocenters. The Bertz CT molecular complexity index is 484. The predicted octanol–water partition coefficient (Wildman–Crippen LogP) is 4.03. The van der Waals surface area contributed by atoms with Crippen molar-refractivity contribution in [3.8, 4) is 0 Å². The molecule has 2 aromatic rings. The molecule has 0 radical (unpaired) electrons. The van der Waals surface area contributed by atoms with Gasteiger partial charge in [-0.05, 0) is 31.2 Å². The van der Waals surface area contributed by atoms with Crippen LogP contribution in [0.5, 0.6) is 0 Å². The lowest BCUT2D eigenvalue weighted by molar-refractivity contribution is 0.453. The van der Waals surface area contributed by atoms with Gasteiger partial charge in [0.1, 0.15) is 11.6 Å². The van der Waals surface area contributed by atoms with Crippen LogP contribution in [0.25, 0.3) is 0 Å². The molecule has 0 aliphatic carbocycles. The van der Waals surface area contributed by atoms with Gasteiger partial charge in [-0.3, -0.25) is 0 Å². The highest BCUT2D eigenvalue weighted by molar-refractivity contribution is 9.10. The lowest BCUT2D eigenvalue weighted by Crippen LogP contribution is -2.18. The van der Waals surface area contributed by atoms with E-state index in [1.165, 1.54) is 6.07 Å². The summed E-state index contributed by atoms with van der Waals surface area (Å²) in [5, 5.41) is 3.21. The van der Waals surface area contributed by atoms with E-state index in [-0.39, 0.29) is 11.9 Å². The number of rotatable bonds is 4. The smallest absolute Gasteiger partial charge is 0.129 e. The molecule has 1 heterocycles. The Morgan fingerprint density at radius 3 is 2.88 bits per heavy atom. The van der Waals surface area contributed by atoms with Crippen molar-refractivity contribution in [3.05, 3.63) is 58.2 Å². The standard InChI is InChI=1S/C13H13BrFNO/c1-9(16-8-11-3-2-6-17-11)12-5-4-10(14)7-13(12)15/h2-7,9,16H,8H2,1H3. The molecule has 2 rings (SSSR count). The van der Waals surface area contributed by atoms with E-state index in [9.17, 15) is 4.39 Å². The second kappa shape index (κ2) is 5.47. The van der Waals surface area contributed by atoms with Crippen molar-refractivity contribution >= 4 is 15.9 Å². The van der Waals surface area contributed by atoms with Gasteiger partial charge in [0, 0.05) is 16.1 Å². The van der Waals surface area contributed by atoms with Crippen molar-refractivity contribution in [1.29, 1.82) is 0 Å². The van der Waals surface area contributed by atoms with E-state index in [2.05, 4.69) is 21.2 Å². The molecule has 0 spiro atoms. The number of hydrogen-bond donors (Lipinski definition) is 1. The van der Waals surface area contributed by atoms with Crippen LogP contribution < -0.4 is 5.32 Å². The lowest BCUT2D eigenvalue weighted by Gasteiger charge is -2.14. The zero-order chi connectivity index (χ0) is 12.3. The zero-order valence-electron chi connectivity index (χ0n) is 9.41. The summed E-state index contributed by atoms with van der Waals surface area (Å²) in [7, 11) is 0. The van der Waals surface area contributed by atoms with E-state index < -0.39 is 0 Å². The van der Waals surface area contributed by atoms with Crippen molar-refractivity contribution < 1.29 is 8.81 Å². The molecule has 4 heteroatoms. The molecule has 17 heavy (non-hydrogen) atoms. The average Bonchev–Trinajstić information content (AvgIpc) is 2.78. The van der Waals surface area contributed by atoms with Crippen LogP contribution in [0.15, 0.2) is 45.5 Å². The number of benzene rings is 1. The van der Waals surface area contributed by atoms with E-state index in [0.29, 0.717) is 12.1 Å². The second-order valence-electron chi connectivity index (χ2n) is 3.85. The summed E-state index contributed by atoms with van der Waals surface area (Å²) < 4.78 is 19.6. The third-order valence-corrected chi connectivity index (χ3v) is 3.08.